The highest BCUT2D eigenvalue weighted by Crippen LogP contribution is 1.91. The predicted octanol–water partition coefficient (Wildman–Crippen LogP) is 1.92. The average molecular weight is 206 g/mol. The second-order valence-corrected chi connectivity index (χ2v) is 3.21. The van der Waals surface area contributed by atoms with E-state index < -0.39 is 0 Å². The Morgan fingerprint density at radius 1 is 1.33 bits per heavy atom. The Bertz CT molecular complexity index is 330. The van der Waals surface area contributed by atoms with Crippen molar-refractivity contribution in [2.45, 2.75) is 20.8 Å². The van der Waals surface area contributed by atoms with Crippen LogP contribution in [0.3, 0.4) is 0 Å². The van der Waals surface area contributed by atoms with Crippen molar-refractivity contribution < 1.29 is 0 Å². The summed E-state index contributed by atoms with van der Waals surface area (Å²) >= 11 is 0. The molecule has 4 heteroatoms. The van der Waals surface area contributed by atoms with Crippen molar-refractivity contribution in [2.24, 2.45) is 10.7 Å². The Morgan fingerprint density at radius 3 is 2.40 bits per heavy atom. The molecule has 0 aliphatic heterocycles. The molecule has 0 fully saturated rings. The standard InChI is InChI=1S/C11H18N4/c1-5-14-9(3)7-10(4)15-11(13)6-8(2)12/h5-7H,1,12H2,2-4H3,(H2,13,15)/b8-6-,10-7+,14-9?. The molecule has 4 N–H and O–H groups in total. The van der Waals surface area contributed by atoms with Crippen LogP contribution in [0.25, 0.3) is 0 Å². The van der Waals surface area contributed by atoms with Gasteiger partial charge in [0.25, 0.3) is 0 Å². The van der Waals surface area contributed by atoms with Gasteiger partial charge in [0, 0.05) is 23.3 Å². The largest absolute Gasteiger partial charge is 0.402 e. The number of hydrogen-bond donors (Lipinski definition) is 3. The third-order valence-corrected chi connectivity index (χ3v) is 1.42. The zero-order valence-electron chi connectivity index (χ0n) is 9.46. The molecule has 0 aromatic heterocycles. The van der Waals surface area contributed by atoms with Gasteiger partial charge in [-0.25, -0.2) is 0 Å². The summed E-state index contributed by atoms with van der Waals surface area (Å²) < 4.78 is 0. The predicted molar refractivity (Wildman–Crippen MR) is 65.9 cm³/mol. The van der Waals surface area contributed by atoms with E-state index in [9.17, 15) is 0 Å². The molecule has 0 aromatic rings. The first-order valence-corrected chi connectivity index (χ1v) is 4.58. The highest BCUT2D eigenvalue weighted by molar-refractivity contribution is 5.96. The first-order valence-electron chi connectivity index (χ1n) is 4.58. The van der Waals surface area contributed by atoms with E-state index in [1.54, 1.807) is 13.0 Å². The van der Waals surface area contributed by atoms with E-state index in [0.717, 1.165) is 11.4 Å². The van der Waals surface area contributed by atoms with Crippen LogP contribution in [0.4, 0.5) is 0 Å². The number of nitrogens with zero attached hydrogens (tertiary/aromatic N) is 1. The van der Waals surface area contributed by atoms with E-state index in [1.807, 2.05) is 19.9 Å². The molecule has 0 amide bonds. The quantitative estimate of drug-likeness (QED) is 0.485. The average Bonchev–Trinajstić information content (AvgIpc) is 2.00. The number of allylic oxidation sites excluding steroid dienone is 3. The summed E-state index contributed by atoms with van der Waals surface area (Å²) in [5.74, 6) is 0.259. The van der Waals surface area contributed by atoms with Crippen molar-refractivity contribution in [1.82, 2.24) is 5.32 Å². The fraction of sp³-hybridized carbons (Fsp3) is 0.273. The Kier molecular flexibility index (Phi) is 5.78. The molecule has 0 saturated carbocycles. The van der Waals surface area contributed by atoms with Crippen LogP contribution in [-0.4, -0.2) is 11.5 Å². The van der Waals surface area contributed by atoms with Crippen molar-refractivity contribution in [3.8, 4) is 0 Å². The lowest BCUT2D eigenvalue weighted by Crippen LogP contribution is -2.19. The summed E-state index contributed by atoms with van der Waals surface area (Å²) in [6, 6.07) is 0. The zero-order chi connectivity index (χ0) is 11.8. The maximum Gasteiger partial charge on any atom is 0.123 e. The van der Waals surface area contributed by atoms with Gasteiger partial charge in [-0.15, -0.1) is 0 Å². The van der Waals surface area contributed by atoms with Gasteiger partial charge in [-0.2, -0.15) is 0 Å². The van der Waals surface area contributed by atoms with Gasteiger partial charge in [0.05, 0.1) is 0 Å². The number of nitrogens with one attached hydrogen (secondary N) is 2. The van der Waals surface area contributed by atoms with Crippen molar-refractivity contribution in [1.29, 1.82) is 5.41 Å². The van der Waals surface area contributed by atoms with Crippen LogP contribution in [0.5, 0.6) is 0 Å². The topological polar surface area (TPSA) is 74.3 Å². The fourth-order valence-corrected chi connectivity index (χ4v) is 1.01. The smallest absolute Gasteiger partial charge is 0.123 e. The van der Waals surface area contributed by atoms with Gasteiger partial charge in [0.1, 0.15) is 5.84 Å². The van der Waals surface area contributed by atoms with Crippen LogP contribution in [0.1, 0.15) is 20.8 Å². The Hall–Kier alpha value is -1.84. The zero-order valence-corrected chi connectivity index (χ0v) is 9.46. The van der Waals surface area contributed by atoms with Gasteiger partial charge in [0.2, 0.25) is 0 Å². The lowest BCUT2D eigenvalue weighted by atomic mass is 10.3. The summed E-state index contributed by atoms with van der Waals surface area (Å²) in [7, 11) is 0. The van der Waals surface area contributed by atoms with Crippen LogP contribution >= 0.6 is 0 Å². The second kappa shape index (κ2) is 6.59. The van der Waals surface area contributed by atoms with Crippen molar-refractivity contribution in [3.05, 3.63) is 36.3 Å². The lowest BCUT2D eigenvalue weighted by Gasteiger charge is -2.04. The molecular weight excluding hydrogens is 188 g/mol. The molecule has 15 heavy (non-hydrogen) atoms. The van der Waals surface area contributed by atoms with E-state index in [4.69, 9.17) is 11.1 Å². The molecule has 0 unspecified atom stereocenters. The fourth-order valence-electron chi connectivity index (χ4n) is 1.01. The SMILES string of the molecule is C=CN=C(C)/C=C(\C)NC(=N)/C=C(/C)N. The molecule has 0 aromatic carbocycles. The Labute approximate surface area is 90.8 Å². The van der Waals surface area contributed by atoms with E-state index in [1.165, 1.54) is 6.20 Å². The molecule has 0 bridgehead atoms. The monoisotopic (exact) mass is 206 g/mol. The Balaban J connectivity index is 4.43. The van der Waals surface area contributed by atoms with Gasteiger partial charge in [0.15, 0.2) is 0 Å². The molecular formula is C11H18N4. The van der Waals surface area contributed by atoms with Crippen LogP contribution in [0.15, 0.2) is 41.3 Å². The number of rotatable bonds is 4. The van der Waals surface area contributed by atoms with Gasteiger partial charge in [-0.3, -0.25) is 10.4 Å². The van der Waals surface area contributed by atoms with Gasteiger partial charge in [-0.1, -0.05) is 6.58 Å². The molecule has 0 aliphatic carbocycles. The second-order valence-electron chi connectivity index (χ2n) is 3.21. The first-order chi connectivity index (χ1) is 6.95. The lowest BCUT2D eigenvalue weighted by molar-refractivity contribution is 1.10. The highest BCUT2D eigenvalue weighted by Gasteiger charge is 1.93. The molecule has 4 nitrogen and oxygen atoms in total. The summed E-state index contributed by atoms with van der Waals surface area (Å²) in [5.41, 5.74) is 7.70. The molecule has 0 heterocycles. The molecule has 0 rings (SSSR count). The third kappa shape index (κ3) is 7.25. The van der Waals surface area contributed by atoms with E-state index in [-0.39, 0.29) is 5.84 Å². The maximum absolute atomic E-state index is 7.53. The minimum atomic E-state index is 0.259. The minimum absolute atomic E-state index is 0.259. The van der Waals surface area contributed by atoms with Crippen LogP contribution in [0, 0.1) is 5.41 Å². The minimum Gasteiger partial charge on any atom is -0.402 e. The molecule has 0 spiro atoms. The van der Waals surface area contributed by atoms with Gasteiger partial charge < -0.3 is 11.1 Å². The molecule has 0 saturated heterocycles. The number of hydrogen-bond acceptors (Lipinski definition) is 3. The van der Waals surface area contributed by atoms with Crippen LogP contribution < -0.4 is 11.1 Å². The van der Waals surface area contributed by atoms with Gasteiger partial charge >= 0.3 is 0 Å². The van der Waals surface area contributed by atoms with Gasteiger partial charge in [-0.05, 0) is 32.9 Å². The van der Waals surface area contributed by atoms with E-state index >= 15 is 0 Å². The molecule has 82 valence electrons. The summed E-state index contributed by atoms with van der Waals surface area (Å²) in [4.78, 5) is 3.99. The normalized spacial score (nSPS) is 13.7. The molecule has 0 aliphatic rings. The van der Waals surface area contributed by atoms with Crippen LogP contribution in [0.2, 0.25) is 0 Å². The summed E-state index contributed by atoms with van der Waals surface area (Å²) in [6.45, 7) is 8.96. The van der Waals surface area contributed by atoms with Crippen molar-refractivity contribution in [2.75, 3.05) is 0 Å². The van der Waals surface area contributed by atoms with Crippen LogP contribution in [-0.2, 0) is 0 Å². The number of nitrogens with two attached hydrogens (primary N) is 1. The number of aliphatic imine (C=N–C) groups is 1. The Morgan fingerprint density at radius 2 is 1.93 bits per heavy atom. The first kappa shape index (κ1) is 13.2. The van der Waals surface area contributed by atoms with Crippen molar-refractivity contribution >= 4 is 11.5 Å². The van der Waals surface area contributed by atoms with E-state index in [0.29, 0.717) is 5.70 Å². The summed E-state index contributed by atoms with van der Waals surface area (Å²) in [6.07, 6.45) is 4.86. The molecule has 0 radical (unpaired) electrons. The maximum atomic E-state index is 7.53. The van der Waals surface area contributed by atoms with Crippen molar-refractivity contribution in [3.63, 3.8) is 0 Å². The van der Waals surface area contributed by atoms with E-state index in [2.05, 4.69) is 16.9 Å². The summed E-state index contributed by atoms with van der Waals surface area (Å²) in [5, 5.41) is 10.4. The highest BCUT2D eigenvalue weighted by atomic mass is 14.9. The third-order valence-electron chi connectivity index (χ3n) is 1.42. The molecule has 0 atom stereocenters. The number of amidine groups is 1.